The van der Waals surface area contributed by atoms with E-state index < -0.39 is 17.8 Å². The lowest BCUT2D eigenvalue weighted by Crippen LogP contribution is -2.23. The maximum absolute atomic E-state index is 12.9. The molecule has 0 saturated heterocycles. The van der Waals surface area contributed by atoms with Crippen LogP contribution in [-0.4, -0.2) is 27.2 Å². The van der Waals surface area contributed by atoms with Crippen LogP contribution in [0.5, 0.6) is 0 Å². The number of nitrogens with zero attached hydrogens (tertiary/aromatic N) is 1. The highest BCUT2D eigenvalue weighted by molar-refractivity contribution is 6.03. The molecule has 1 aromatic heterocycles. The molecule has 1 atom stereocenters. The highest BCUT2D eigenvalue weighted by atomic mass is 16.4. The number of carboxylic acid groups (broad SMARTS) is 1. The standard InChI is InChI=1S/C25H23N3O3/c1-15-8-9-18(12-16(15)2)19-10-11-20-22(13-19)27-28-24(20)26-25(31)21(14-23(29)30)17-6-4-3-5-7-17/h3-13,21H,14H2,1-2H3,(H,29,30)(H2,26,27,28,31). The molecule has 0 saturated carbocycles. The Labute approximate surface area is 179 Å². The zero-order valence-corrected chi connectivity index (χ0v) is 17.3. The minimum atomic E-state index is -1.03. The Bertz CT molecular complexity index is 1260. The number of aromatic nitrogens is 2. The molecule has 3 aromatic carbocycles. The molecule has 0 aliphatic heterocycles. The van der Waals surface area contributed by atoms with Gasteiger partial charge in [-0.05, 0) is 53.8 Å². The molecule has 1 amide bonds. The summed E-state index contributed by atoms with van der Waals surface area (Å²) < 4.78 is 0. The summed E-state index contributed by atoms with van der Waals surface area (Å²) in [7, 11) is 0. The first kappa shape index (κ1) is 20.3. The number of aryl methyl sites for hydroxylation is 2. The smallest absolute Gasteiger partial charge is 0.304 e. The first-order valence-electron chi connectivity index (χ1n) is 10.1. The molecule has 0 radical (unpaired) electrons. The van der Waals surface area contributed by atoms with Gasteiger partial charge in [-0.2, -0.15) is 5.10 Å². The number of amides is 1. The lowest BCUT2D eigenvalue weighted by Gasteiger charge is -2.14. The maximum Gasteiger partial charge on any atom is 0.304 e. The number of fused-ring (bicyclic) bond motifs is 1. The highest BCUT2D eigenvalue weighted by Crippen LogP contribution is 2.29. The molecule has 0 spiro atoms. The molecular formula is C25H23N3O3. The number of carbonyl (C=O) groups excluding carboxylic acids is 1. The summed E-state index contributed by atoms with van der Waals surface area (Å²) in [6.45, 7) is 4.17. The van der Waals surface area contributed by atoms with Gasteiger partial charge in [0.25, 0.3) is 0 Å². The highest BCUT2D eigenvalue weighted by Gasteiger charge is 2.25. The number of anilines is 1. The number of rotatable bonds is 6. The SMILES string of the molecule is Cc1ccc(-c2ccc3c(NC(=O)C(CC(=O)O)c4ccccc4)n[nH]c3c2)cc1C. The van der Waals surface area contributed by atoms with Crippen LogP contribution < -0.4 is 5.32 Å². The molecule has 0 aliphatic rings. The van der Waals surface area contributed by atoms with Gasteiger partial charge in [0.15, 0.2) is 5.82 Å². The number of carboxylic acids is 1. The quantitative estimate of drug-likeness (QED) is 0.412. The van der Waals surface area contributed by atoms with Crippen molar-refractivity contribution in [3.05, 3.63) is 83.4 Å². The van der Waals surface area contributed by atoms with Gasteiger partial charge in [0.05, 0.1) is 17.9 Å². The van der Waals surface area contributed by atoms with Crippen molar-refractivity contribution >= 4 is 28.6 Å². The number of hydrogen-bond acceptors (Lipinski definition) is 3. The van der Waals surface area contributed by atoms with E-state index in [4.69, 9.17) is 0 Å². The van der Waals surface area contributed by atoms with Crippen molar-refractivity contribution in [2.75, 3.05) is 5.32 Å². The van der Waals surface area contributed by atoms with Gasteiger partial charge in [-0.3, -0.25) is 14.7 Å². The van der Waals surface area contributed by atoms with E-state index in [0.29, 0.717) is 11.4 Å². The van der Waals surface area contributed by atoms with Gasteiger partial charge in [0.1, 0.15) is 0 Å². The molecule has 156 valence electrons. The number of benzene rings is 3. The molecular weight excluding hydrogens is 390 g/mol. The van der Waals surface area contributed by atoms with E-state index in [0.717, 1.165) is 22.0 Å². The topological polar surface area (TPSA) is 95.1 Å². The fraction of sp³-hybridized carbons (Fsp3) is 0.160. The number of hydrogen-bond donors (Lipinski definition) is 3. The van der Waals surface area contributed by atoms with Crippen LogP contribution >= 0.6 is 0 Å². The molecule has 1 heterocycles. The van der Waals surface area contributed by atoms with Gasteiger partial charge in [-0.1, -0.05) is 54.6 Å². The maximum atomic E-state index is 12.9. The number of H-pyrrole nitrogens is 1. The minimum absolute atomic E-state index is 0.297. The molecule has 31 heavy (non-hydrogen) atoms. The van der Waals surface area contributed by atoms with Crippen molar-refractivity contribution in [1.29, 1.82) is 0 Å². The van der Waals surface area contributed by atoms with Crippen molar-refractivity contribution < 1.29 is 14.7 Å². The van der Waals surface area contributed by atoms with Crippen molar-refractivity contribution in [2.24, 2.45) is 0 Å². The van der Waals surface area contributed by atoms with Gasteiger partial charge in [0, 0.05) is 5.39 Å². The Morgan fingerprint density at radius 2 is 1.68 bits per heavy atom. The van der Waals surface area contributed by atoms with Crippen LogP contribution in [-0.2, 0) is 9.59 Å². The summed E-state index contributed by atoms with van der Waals surface area (Å²) in [6, 6.07) is 21.1. The summed E-state index contributed by atoms with van der Waals surface area (Å²) in [5, 5.41) is 20.1. The van der Waals surface area contributed by atoms with Crippen LogP contribution in [0.4, 0.5) is 5.82 Å². The van der Waals surface area contributed by atoms with E-state index in [1.807, 2.05) is 24.3 Å². The lowest BCUT2D eigenvalue weighted by molar-refractivity contribution is -0.139. The van der Waals surface area contributed by atoms with Crippen LogP contribution in [0.1, 0.15) is 29.0 Å². The average Bonchev–Trinajstić information content (AvgIpc) is 3.16. The third-order valence-electron chi connectivity index (χ3n) is 5.54. The predicted octanol–water partition coefficient (Wildman–Crippen LogP) is 5.04. The molecule has 0 fully saturated rings. The Balaban J connectivity index is 1.61. The Morgan fingerprint density at radius 1 is 0.968 bits per heavy atom. The Morgan fingerprint density at radius 3 is 2.39 bits per heavy atom. The van der Waals surface area contributed by atoms with Crippen LogP contribution in [0.2, 0.25) is 0 Å². The third-order valence-corrected chi connectivity index (χ3v) is 5.54. The molecule has 1 unspecified atom stereocenters. The molecule has 0 aliphatic carbocycles. The Kier molecular flexibility index (Phi) is 5.54. The van der Waals surface area contributed by atoms with Crippen molar-refractivity contribution in [3.63, 3.8) is 0 Å². The first-order chi connectivity index (χ1) is 14.9. The second kappa shape index (κ2) is 8.44. The van der Waals surface area contributed by atoms with Crippen molar-refractivity contribution in [1.82, 2.24) is 10.2 Å². The largest absolute Gasteiger partial charge is 0.481 e. The molecule has 0 bridgehead atoms. The van der Waals surface area contributed by atoms with Gasteiger partial charge in [0.2, 0.25) is 5.91 Å². The van der Waals surface area contributed by atoms with Gasteiger partial charge >= 0.3 is 5.97 Å². The van der Waals surface area contributed by atoms with E-state index in [1.54, 1.807) is 24.3 Å². The summed E-state index contributed by atoms with van der Waals surface area (Å²) in [4.78, 5) is 24.2. The zero-order valence-electron chi connectivity index (χ0n) is 17.3. The van der Waals surface area contributed by atoms with Crippen LogP contribution in [0.15, 0.2) is 66.7 Å². The van der Waals surface area contributed by atoms with Gasteiger partial charge in [-0.15, -0.1) is 0 Å². The lowest BCUT2D eigenvalue weighted by atomic mass is 9.95. The van der Waals surface area contributed by atoms with Gasteiger partial charge in [-0.25, -0.2) is 0 Å². The summed E-state index contributed by atoms with van der Waals surface area (Å²) in [5.41, 5.74) is 6.06. The number of aliphatic carboxylic acids is 1. The van der Waals surface area contributed by atoms with E-state index in [2.05, 4.69) is 47.6 Å². The number of nitrogens with one attached hydrogen (secondary N) is 2. The van der Waals surface area contributed by atoms with E-state index in [9.17, 15) is 14.7 Å². The van der Waals surface area contributed by atoms with Crippen molar-refractivity contribution in [2.45, 2.75) is 26.2 Å². The van der Waals surface area contributed by atoms with E-state index in [1.165, 1.54) is 11.1 Å². The van der Waals surface area contributed by atoms with Crippen LogP contribution in [0.3, 0.4) is 0 Å². The second-order valence-electron chi connectivity index (χ2n) is 7.68. The second-order valence-corrected chi connectivity index (χ2v) is 7.68. The minimum Gasteiger partial charge on any atom is -0.481 e. The Hall–Kier alpha value is -3.93. The molecule has 3 N–H and O–H groups in total. The summed E-state index contributed by atoms with van der Waals surface area (Å²) in [6.07, 6.45) is -0.297. The van der Waals surface area contributed by atoms with E-state index in [-0.39, 0.29) is 6.42 Å². The van der Waals surface area contributed by atoms with Gasteiger partial charge < -0.3 is 10.4 Å². The number of carbonyl (C=O) groups is 2. The van der Waals surface area contributed by atoms with Crippen LogP contribution in [0.25, 0.3) is 22.0 Å². The van der Waals surface area contributed by atoms with E-state index >= 15 is 0 Å². The van der Waals surface area contributed by atoms with Crippen LogP contribution in [0, 0.1) is 13.8 Å². The molecule has 4 aromatic rings. The molecule has 4 rings (SSSR count). The fourth-order valence-electron chi connectivity index (χ4n) is 3.64. The molecule has 6 nitrogen and oxygen atoms in total. The molecule has 6 heteroatoms. The summed E-state index contributed by atoms with van der Waals surface area (Å²) >= 11 is 0. The first-order valence-corrected chi connectivity index (χ1v) is 10.1. The van der Waals surface area contributed by atoms with Crippen molar-refractivity contribution in [3.8, 4) is 11.1 Å². The zero-order chi connectivity index (χ0) is 22.0. The normalized spacial score (nSPS) is 11.9. The fourth-order valence-corrected chi connectivity index (χ4v) is 3.64. The predicted molar refractivity (Wildman–Crippen MR) is 121 cm³/mol. The average molecular weight is 413 g/mol. The summed E-state index contributed by atoms with van der Waals surface area (Å²) in [5.74, 6) is -1.85. The third kappa shape index (κ3) is 4.33. The monoisotopic (exact) mass is 413 g/mol. The number of aromatic amines is 1.